The van der Waals surface area contributed by atoms with Crippen molar-refractivity contribution in [3.05, 3.63) is 87.9 Å². The van der Waals surface area contributed by atoms with Gasteiger partial charge >= 0.3 is 5.97 Å². The molecule has 0 atom stereocenters. The summed E-state index contributed by atoms with van der Waals surface area (Å²) in [5.74, 6) is 0.0738. The zero-order valence-corrected chi connectivity index (χ0v) is 13.9. The van der Waals surface area contributed by atoms with E-state index in [0.717, 1.165) is 22.3 Å². The van der Waals surface area contributed by atoms with E-state index in [2.05, 4.69) is 37.6 Å². The molecule has 1 N–H and O–H groups in total. The van der Waals surface area contributed by atoms with Gasteiger partial charge in [-0.15, -0.1) is 0 Å². The molecule has 5 heteroatoms. The van der Waals surface area contributed by atoms with Crippen molar-refractivity contribution in [2.45, 2.75) is 13.0 Å². The number of hydrogen-bond acceptors (Lipinski definition) is 2. The summed E-state index contributed by atoms with van der Waals surface area (Å²) in [6.07, 6.45) is 4.49. The number of nitrogens with zero attached hydrogens (tertiary/aromatic N) is 2. The van der Waals surface area contributed by atoms with Gasteiger partial charge in [0.05, 0.1) is 5.56 Å². The van der Waals surface area contributed by atoms with Gasteiger partial charge in [-0.25, -0.2) is 9.78 Å². The molecule has 0 bridgehead atoms. The Morgan fingerprint density at radius 3 is 2.35 bits per heavy atom. The zero-order chi connectivity index (χ0) is 16.2. The molecule has 4 nitrogen and oxygen atoms in total. The Morgan fingerprint density at radius 2 is 1.70 bits per heavy atom. The molecule has 0 fully saturated rings. The third-order valence-corrected chi connectivity index (χ3v) is 4.16. The number of aromatic nitrogens is 2. The highest BCUT2D eigenvalue weighted by atomic mass is 79.9. The van der Waals surface area contributed by atoms with Gasteiger partial charge in [-0.2, -0.15) is 0 Å². The summed E-state index contributed by atoms with van der Waals surface area (Å²) in [5, 5.41) is 8.94. The molecule has 0 unspecified atom stereocenters. The number of carbonyl (C=O) groups is 1. The molecule has 0 aliphatic rings. The smallest absolute Gasteiger partial charge is 0.335 e. The van der Waals surface area contributed by atoms with Crippen LogP contribution < -0.4 is 0 Å². The fourth-order valence-electron chi connectivity index (χ4n) is 2.39. The van der Waals surface area contributed by atoms with E-state index in [1.54, 1.807) is 18.3 Å². The predicted octanol–water partition coefficient (Wildman–Crippen LogP) is 3.98. The standard InChI is InChI=1S/C18H15BrN2O2/c19-16-7-3-13(4-8-16)11-17-20-9-10-21(17)12-14-1-5-15(6-2-14)18(22)23/h1-10H,11-12H2,(H,22,23). The molecule has 0 aliphatic heterocycles. The van der Waals surface area contributed by atoms with Gasteiger partial charge in [0.1, 0.15) is 5.82 Å². The lowest BCUT2D eigenvalue weighted by molar-refractivity contribution is 0.0697. The van der Waals surface area contributed by atoms with Gasteiger partial charge < -0.3 is 9.67 Å². The maximum Gasteiger partial charge on any atom is 0.335 e. The molecule has 0 amide bonds. The minimum atomic E-state index is -0.907. The van der Waals surface area contributed by atoms with Crippen molar-refractivity contribution in [1.29, 1.82) is 0 Å². The van der Waals surface area contributed by atoms with Crippen LogP contribution in [0.25, 0.3) is 0 Å². The van der Waals surface area contributed by atoms with Gasteiger partial charge in [0.25, 0.3) is 0 Å². The van der Waals surface area contributed by atoms with Gasteiger partial charge in [-0.05, 0) is 35.4 Å². The van der Waals surface area contributed by atoms with E-state index in [4.69, 9.17) is 5.11 Å². The van der Waals surface area contributed by atoms with Crippen LogP contribution in [0.3, 0.4) is 0 Å². The van der Waals surface area contributed by atoms with E-state index >= 15 is 0 Å². The van der Waals surface area contributed by atoms with Crippen LogP contribution >= 0.6 is 15.9 Å². The van der Waals surface area contributed by atoms with Gasteiger partial charge in [0, 0.05) is 29.8 Å². The Labute approximate surface area is 142 Å². The van der Waals surface area contributed by atoms with Crippen molar-refractivity contribution >= 4 is 21.9 Å². The Morgan fingerprint density at radius 1 is 1.04 bits per heavy atom. The lowest BCUT2D eigenvalue weighted by atomic mass is 10.1. The molecule has 1 heterocycles. The molecule has 116 valence electrons. The molecular formula is C18H15BrN2O2. The molecular weight excluding hydrogens is 356 g/mol. The SMILES string of the molecule is O=C(O)c1ccc(Cn2ccnc2Cc2ccc(Br)cc2)cc1. The van der Waals surface area contributed by atoms with E-state index in [1.165, 1.54) is 5.56 Å². The number of rotatable bonds is 5. The van der Waals surface area contributed by atoms with Crippen molar-refractivity contribution in [3.8, 4) is 0 Å². The van der Waals surface area contributed by atoms with Crippen LogP contribution in [0, 0.1) is 0 Å². The lowest BCUT2D eigenvalue weighted by Gasteiger charge is -2.09. The van der Waals surface area contributed by atoms with E-state index in [1.807, 2.05) is 30.5 Å². The molecule has 0 aliphatic carbocycles. The number of imidazole rings is 1. The van der Waals surface area contributed by atoms with Crippen LogP contribution in [-0.2, 0) is 13.0 Å². The minimum Gasteiger partial charge on any atom is -0.478 e. The summed E-state index contributed by atoms with van der Waals surface area (Å²) in [5.41, 5.74) is 2.54. The summed E-state index contributed by atoms with van der Waals surface area (Å²) < 4.78 is 3.14. The van der Waals surface area contributed by atoms with Crippen LogP contribution in [0.5, 0.6) is 0 Å². The van der Waals surface area contributed by atoms with Gasteiger partial charge in [0.2, 0.25) is 0 Å². The van der Waals surface area contributed by atoms with Crippen molar-refractivity contribution in [2.75, 3.05) is 0 Å². The summed E-state index contributed by atoms with van der Waals surface area (Å²) >= 11 is 3.44. The zero-order valence-electron chi connectivity index (χ0n) is 12.3. The molecule has 0 spiro atoms. The fourth-order valence-corrected chi connectivity index (χ4v) is 2.65. The normalized spacial score (nSPS) is 10.7. The Balaban J connectivity index is 1.75. The second kappa shape index (κ2) is 6.79. The van der Waals surface area contributed by atoms with E-state index in [0.29, 0.717) is 12.1 Å². The van der Waals surface area contributed by atoms with E-state index in [9.17, 15) is 4.79 Å². The quantitative estimate of drug-likeness (QED) is 0.738. The number of carboxylic acid groups (broad SMARTS) is 1. The van der Waals surface area contributed by atoms with Crippen molar-refractivity contribution in [3.63, 3.8) is 0 Å². The number of halogens is 1. The number of aromatic carboxylic acids is 1. The van der Waals surface area contributed by atoms with Crippen LogP contribution in [0.4, 0.5) is 0 Å². The first-order chi connectivity index (χ1) is 11.1. The molecule has 3 aromatic rings. The molecule has 2 aromatic carbocycles. The van der Waals surface area contributed by atoms with E-state index in [-0.39, 0.29) is 0 Å². The summed E-state index contributed by atoms with van der Waals surface area (Å²) in [4.78, 5) is 15.3. The van der Waals surface area contributed by atoms with Crippen molar-refractivity contribution in [1.82, 2.24) is 9.55 Å². The molecule has 1 aromatic heterocycles. The predicted molar refractivity (Wildman–Crippen MR) is 91.7 cm³/mol. The third-order valence-electron chi connectivity index (χ3n) is 3.63. The van der Waals surface area contributed by atoms with Crippen molar-refractivity contribution < 1.29 is 9.90 Å². The van der Waals surface area contributed by atoms with Crippen molar-refractivity contribution in [2.24, 2.45) is 0 Å². The minimum absolute atomic E-state index is 0.300. The second-order valence-electron chi connectivity index (χ2n) is 5.28. The molecule has 0 saturated heterocycles. The third kappa shape index (κ3) is 3.87. The largest absolute Gasteiger partial charge is 0.478 e. The monoisotopic (exact) mass is 370 g/mol. The number of benzene rings is 2. The molecule has 0 radical (unpaired) electrons. The molecule has 23 heavy (non-hydrogen) atoms. The molecule has 3 rings (SSSR count). The van der Waals surface area contributed by atoms with Gasteiger partial charge in [-0.1, -0.05) is 40.2 Å². The second-order valence-corrected chi connectivity index (χ2v) is 6.19. The summed E-state index contributed by atoms with van der Waals surface area (Å²) in [6, 6.07) is 15.1. The Kier molecular flexibility index (Phi) is 4.57. The highest BCUT2D eigenvalue weighted by molar-refractivity contribution is 9.10. The first-order valence-electron chi connectivity index (χ1n) is 7.18. The van der Waals surface area contributed by atoms with Crippen LogP contribution in [0.1, 0.15) is 27.3 Å². The topological polar surface area (TPSA) is 55.1 Å². The first kappa shape index (κ1) is 15.5. The fraction of sp³-hybridized carbons (Fsp3) is 0.111. The summed E-state index contributed by atoms with van der Waals surface area (Å²) in [7, 11) is 0. The van der Waals surface area contributed by atoms with Gasteiger partial charge in [0.15, 0.2) is 0 Å². The Hall–Kier alpha value is -2.40. The average molecular weight is 371 g/mol. The van der Waals surface area contributed by atoms with Crippen LogP contribution in [-0.4, -0.2) is 20.6 Å². The summed E-state index contributed by atoms with van der Waals surface area (Å²) in [6.45, 7) is 0.672. The molecule has 0 saturated carbocycles. The first-order valence-corrected chi connectivity index (χ1v) is 7.98. The maximum absolute atomic E-state index is 10.9. The maximum atomic E-state index is 10.9. The highest BCUT2D eigenvalue weighted by Crippen LogP contribution is 2.15. The lowest BCUT2D eigenvalue weighted by Crippen LogP contribution is -2.05. The van der Waals surface area contributed by atoms with Gasteiger partial charge in [-0.3, -0.25) is 0 Å². The highest BCUT2D eigenvalue weighted by Gasteiger charge is 2.06. The Bertz CT molecular complexity index is 808. The van der Waals surface area contributed by atoms with E-state index < -0.39 is 5.97 Å². The number of carboxylic acids is 1. The van der Waals surface area contributed by atoms with Crippen LogP contribution in [0.15, 0.2) is 65.4 Å². The number of hydrogen-bond donors (Lipinski definition) is 1. The average Bonchev–Trinajstić information content (AvgIpc) is 2.97. The van der Waals surface area contributed by atoms with Crippen LogP contribution in [0.2, 0.25) is 0 Å².